The molecular weight excluding hydrogens is 683 g/mol. The van der Waals surface area contributed by atoms with Gasteiger partial charge in [0.1, 0.15) is 6.54 Å². The third kappa shape index (κ3) is 7.12. The minimum Gasteiger partial charge on any atom is -0.382 e. The first-order chi connectivity index (χ1) is 22.7. The summed E-state index contributed by atoms with van der Waals surface area (Å²) in [7, 11) is -3.35. The van der Waals surface area contributed by atoms with Gasteiger partial charge in [0, 0.05) is 35.9 Å². The van der Waals surface area contributed by atoms with Crippen molar-refractivity contribution in [2.75, 3.05) is 24.6 Å². The SMILES string of the molecule is O=C(NC1CC1)c1cccnc1-n1nc(Cn2nc(-c3ccc(Cl)cc3)n(CC(O)C(F)(F)F)c2=O)nc1C(=O)N1CCS(=O)(=O)CC1. The van der Waals surface area contributed by atoms with Crippen LogP contribution in [0.3, 0.4) is 0 Å². The fourth-order valence-electron chi connectivity index (χ4n) is 4.93. The Hall–Kier alpha value is -4.62. The van der Waals surface area contributed by atoms with E-state index in [4.69, 9.17) is 11.6 Å². The number of amides is 2. The zero-order chi connectivity index (χ0) is 34.4. The van der Waals surface area contributed by atoms with E-state index in [0.717, 1.165) is 22.2 Å². The van der Waals surface area contributed by atoms with Crippen molar-refractivity contribution < 1.29 is 36.3 Å². The van der Waals surface area contributed by atoms with Crippen LogP contribution < -0.4 is 11.0 Å². The molecule has 1 aromatic carbocycles. The van der Waals surface area contributed by atoms with Crippen LogP contribution in [0.25, 0.3) is 17.2 Å². The Labute approximate surface area is 274 Å². The van der Waals surface area contributed by atoms with Gasteiger partial charge in [-0.2, -0.15) is 17.9 Å². The van der Waals surface area contributed by atoms with Crippen molar-refractivity contribution in [3.8, 4) is 17.2 Å². The molecule has 2 fully saturated rings. The van der Waals surface area contributed by atoms with Gasteiger partial charge >= 0.3 is 11.9 Å². The van der Waals surface area contributed by atoms with Crippen molar-refractivity contribution in [1.29, 1.82) is 0 Å². The summed E-state index contributed by atoms with van der Waals surface area (Å²) in [5.41, 5.74) is -0.765. The molecule has 1 atom stereocenters. The average Bonchev–Trinajstić information content (AvgIpc) is 3.68. The van der Waals surface area contributed by atoms with Crippen LogP contribution in [0.15, 0.2) is 47.4 Å². The third-order valence-electron chi connectivity index (χ3n) is 7.67. The summed E-state index contributed by atoms with van der Waals surface area (Å²) in [6.07, 6.45) is -4.96. The van der Waals surface area contributed by atoms with Gasteiger partial charge in [0.15, 0.2) is 33.4 Å². The molecule has 0 spiro atoms. The monoisotopic (exact) mass is 709 g/mol. The Kier molecular flexibility index (Phi) is 8.86. The van der Waals surface area contributed by atoms with Gasteiger partial charge in [-0.25, -0.2) is 27.9 Å². The van der Waals surface area contributed by atoms with Gasteiger partial charge in [0.05, 0.1) is 23.6 Å². The average molecular weight is 710 g/mol. The van der Waals surface area contributed by atoms with Gasteiger partial charge in [0.25, 0.3) is 11.8 Å². The van der Waals surface area contributed by atoms with Crippen LogP contribution in [0.4, 0.5) is 13.2 Å². The van der Waals surface area contributed by atoms with Crippen molar-refractivity contribution in [2.45, 2.75) is 44.3 Å². The molecule has 2 amide bonds. The molecule has 6 rings (SSSR count). The normalized spacial score (nSPS) is 16.9. The van der Waals surface area contributed by atoms with Crippen molar-refractivity contribution in [1.82, 2.24) is 44.3 Å². The van der Waals surface area contributed by atoms with Crippen LogP contribution in [-0.4, -0.2) is 107 Å². The number of hydrogen-bond donors (Lipinski definition) is 2. The number of sulfone groups is 1. The highest BCUT2D eigenvalue weighted by Gasteiger charge is 2.39. The Bertz CT molecular complexity index is 2030. The maximum atomic E-state index is 13.7. The van der Waals surface area contributed by atoms with E-state index in [9.17, 15) is 41.1 Å². The zero-order valence-electron chi connectivity index (χ0n) is 24.8. The lowest BCUT2D eigenvalue weighted by Crippen LogP contribution is -2.44. The number of aliphatic hydroxyl groups is 1. The number of alkyl halides is 3. The van der Waals surface area contributed by atoms with Crippen molar-refractivity contribution >= 4 is 33.3 Å². The number of halogens is 4. The first-order valence-electron chi connectivity index (χ1n) is 14.6. The molecule has 1 aliphatic carbocycles. The van der Waals surface area contributed by atoms with Gasteiger partial charge < -0.3 is 15.3 Å². The van der Waals surface area contributed by atoms with E-state index >= 15 is 0 Å². The number of nitrogens with one attached hydrogen (secondary N) is 1. The molecular formula is C28H27ClF3N9O6S. The second-order valence-corrected chi connectivity index (χ2v) is 14.0. The Morgan fingerprint density at radius 2 is 1.77 bits per heavy atom. The highest BCUT2D eigenvalue weighted by Crippen LogP contribution is 2.25. The van der Waals surface area contributed by atoms with E-state index in [0.29, 0.717) is 9.59 Å². The van der Waals surface area contributed by atoms with Crippen LogP contribution >= 0.6 is 11.6 Å². The largest absolute Gasteiger partial charge is 0.416 e. The third-order valence-corrected chi connectivity index (χ3v) is 9.53. The smallest absolute Gasteiger partial charge is 0.382 e. The maximum absolute atomic E-state index is 13.7. The van der Waals surface area contributed by atoms with Gasteiger partial charge in [-0.3, -0.25) is 14.2 Å². The first-order valence-corrected chi connectivity index (χ1v) is 16.8. The first kappa shape index (κ1) is 33.3. The zero-order valence-corrected chi connectivity index (χ0v) is 26.4. The molecule has 1 unspecified atom stereocenters. The Morgan fingerprint density at radius 1 is 1.08 bits per heavy atom. The Morgan fingerprint density at radius 3 is 2.42 bits per heavy atom. The molecule has 4 aromatic rings. The lowest BCUT2D eigenvalue weighted by molar-refractivity contribution is -0.207. The quantitative estimate of drug-likeness (QED) is 0.255. The fourth-order valence-corrected chi connectivity index (χ4v) is 6.26. The van der Waals surface area contributed by atoms with E-state index in [2.05, 4.69) is 25.5 Å². The number of rotatable bonds is 9. The number of hydrogen-bond acceptors (Lipinski definition) is 10. The molecule has 2 aliphatic rings. The lowest BCUT2D eigenvalue weighted by atomic mass is 10.2. The van der Waals surface area contributed by atoms with Crippen LogP contribution in [-0.2, 0) is 22.9 Å². The van der Waals surface area contributed by atoms with Gasteiger partial charge in [-0.05, 0) is 49.2 Å². The van der Waals surface area contributed by atoms with Crippen LogP contribution in [0.5, 0.6) is 0 Å². The molecule has 15 nitrogen and oxygen atoms in total. The molecule has 1 saturated carbocycles. The number of nitrogens with zero attached hydrogens (tertiary/aromatic N) is 8. The summed E-state index contributed by atoms with van der Waals surface area (Å²) in [5, 5.41) is 21.5. The predicted octanol–water partition coefficient (Wildman–Crippen LogP) is 1.08. The van der Waals surface area contributed by atoms with E-state index in [1.54, 1.807) is 0 Å². The minimum absolute atomic E-state index is 0.0130. The number of carbonyl (C=O) groups excluding carboxylic acids is 2. The van der Waals surface area contributed by atoms with Crippen LogP contribution in [0.1, 0.15) is 39.6 Å². The summed E-state index contributed by atoms with van der Waals surface area (Å²) >= 11 is 5.96. The fraction of sp³-hybridized carbons (Fsp3) is 0.393. The van der Waals surface area contributed by atoms with Crippen LogP contribution in [0, 0.1) is 0 Å². The molecule has 20 heteroatoms. The van der Waals surface area contributed by atoms with Crippen LogP contribution in [0.2, 0.25) is 5.02 Å². The van der Waals surface area contributed by atoms with E-state index in [1.807, 2.05) is 0 Å². The van der Waals surface area contributed by atoms with Gasteiger partial charge in [-0.15, -0.1) is 10.2 Å². The van der Waals surface area contributed by atoms with E-state index in [1.165, 1.54) is 47.5 Å². The summed E-state index contributed by atoms with van der Waals surface area (Å²) in [6, 6.07) is 8.73. The summed E-state index contributed by atoms with van der Waals surface area (Å²) in [4.78, 5) is 50.1. The summed E-state index contributed by atoms with van der Waals surface area (Å²) in [5.74, 6) is -2.59. The second kappa shape index (κ2) is 12.8. The number of aliphatic hydroxyl groups excluding tert-OH is 1. The van der Waals surface area contributed by atoms with E-state index < -0.39 is 52.7 Å². The number of benzene rings is 1. The molecule has 0 radical (unpaired) electrons. The minimum atomic E-state index is -5.03. The molecule has 2 N–H and O–H groups in total. The second-order valence-electron chi connectivity index (χ2n) is 11.3. The van der Waals surface area contributed by atoms with Crippen molar-refractivity contribution in [2.24, 2.45) is 0 Å². The molecule has 254 valence electrons. The van der Waals surface area contributed by atoms with Gasteiger partial charge in [0.2, 0.25) is 5.82 Å². The Balaban J connectivity index is 1.42. The molecule has 0 bridgehead atoms. The van der Waals surface area contributed by atoms with E-state index in [-0.39, 0.29) is 65.1 Å². The molecule has 4 heterocycles. The highest BCUT2D eigenvalue weighted by atomic mass is 35.5. The summed E-state index contributed by atoms with van der Waals surface area (Å²) < 4.78 is 66.4. The predicted molar refractivity (Wildman–Crippen MR) is 162 cm³/mol. The van der Waals surface area contributed by atoms with Crippen molar-refractivity contribution in [3.63, 3.8) is 0 Å². The molecule has 3 aromatic heterocycles. The molecule has 1 saturated heterocycles. The highest BCUT2D eigenvalue weighted by molar-refractivity contribution is 7.91. The maximum Gasteiger partial charge on any atom is 0.416 e. The van der Waals surface area contributed by atoms with Crippen molar-refractivity contribution in [3.05, 3.63) is 75.3 Å². The van der Waals surface area contributed by atoms with Gasteiger partial charge in [-0.1, -0.05) is 11.6 Å². The number of aromatic nitrogens is 7. The summed E-state index contributed by atoms with van der Waals surface area (Å²) in [6.45, 7) is -1.98. The number of pyridine rings is 1. The number of carbonyl (C=O) groups is 2. The topological polar surface area (TPSA) is 187 Å². The standard InChI is InChI=1S/C28H27ClF3N9O6S/c29-17-5-3-16(4-6-17)22-37-40(27(45)39(22)14-20(42)28(30,31)32)15-21-35-24(26(44)38-10-12-48(46,47)13-11-38)41(36-21)23-19(2-1-9-33-23)25(43)34-18-7-8-18/h1-6,9,18,20,42H,7-8,10-15H2,(H,34,43). The molecule has 48 heavy (non-hydrogen) atoms. The lowest BCUT2D eigenvalue weighted by Gasteiger charge is -2.26. The molecule has 1 aliphatic heterocycles.